The van der Waals surface area contributed by atoms with Crippen molar-refractivity contribution in [2.24, 2.45) is 0 Å². The number of hydrogen-bond acceptors (Lipinski definition) is 3. The van der Waals surface area contributed by atoms with Crippen LogP contribution in [0.4, 0.5) is 20.2 Å². The lowest BCUT2D eigenvalue weighted by Crippen LogP contribution is -2.12. The lowest BCUT2D eigenvalue weighted by molar-refractivity contribution is -0.115. The molecule has 0 fully saturated rings. The van der Waals surface area contributed by atoms with Gasteiger partial charge >= 0.3 is 0 Å². The third-order valence-corrected chi connectivity index (χ3v) is 3.51. The molecular formula is C15H14F2N4O2. The summed E-state index contributed by atoms with van der Waals surface area (Å²) in [6.07, 6.45) is -0.916. The Kier molecular flexibility index (Phi) is 3.81. The van der Waals surface area contributed by atoms with Crippen LogP contribution in [0.15, 0.2) is 24.4 Å². The highest BCUT2D eigenvalue weighted by molar-refractivity contribution is 6.06. The molecule has 0 saturated heterocycles. The summed E-state index contributed by atoms with van der Waals surface area (Å²) in [5.74, 6) is -0.528. The summed E-state index contributed by atoms with van der Waals surface area (Å²) < 4.78 is 25.8. The number of hydrogen-bond donors (Lipinski definition) is 2. The number of benzene rings is 1. The van der Waals surface area contributed by atoms with Gasteiger partial charge in [0.1, 0.15) is 6.54 Å². The highest BCUT2D eigenvalue weighted by Gasteiger charge is 2.19. The Hall–Kier alpha value is -2.77. The van der Waals surface area contributed by atoms with Gasteiger partial charge in [0, 0.05) is 17.6 Å². The van der Waals surface area contributed by atoms with Gasteiger partial charge in [0.2, 0.25) is 5.91 Å². The van der Waals surface area contributed by atoms with Gasteiger partial charge in [-0.3, -0.25) is 14.3 Å². The monoisotopic (exact) mass is 320 g/mol. The molecule has 8 heteroatoms. The lowest BCUT2D eigenvalue weighted by atomic mass is 10.1. The van der Waals surface area contributed by atoms with E-state index in [1.165, 1.54) is 6.20 Å². The van der Waals surface area contributed by atoms with Crippen LogP contribution in [0.5, 0.6) is 0 Å². The number of fused-ring (bicyclic) bond motifs is 1. The van der Waals surface area contributed by atoms with Crippen molar-refractivity contribution in [1.82, 2.24) is 9.78 Å². The molecule has 0 radical (unpaired) electrons. The fourth-order valence-corrected chi connectivity index (χ4v) is 2.47. The number of rotatable bonds is 4. The molecule has 1 aromatic carbocycles. The molecule has 3 rings (SSSR count). The SMILES string of the molecule is Cc1nn(CC(F)F)cc1C(=O)Nc1ccc2c(c1)NC(=O)C2. The predicted octanol–water partition coefficient (Wildman–Crippen LogP) is 2.20. The second-order valence-corrected chi connectivity index (χ2v) is 5.29. The van der Waals surface area contributed by atoms with E-state index in [1.54, 1.807) is 25.1 Å². The predicted molar refractivity (Wildman–Crippen MR) is 79.7 cm³/mol. The molecular weight excluding hydrogens is 306 g/mol. The first-order valence-corrected chi connectivity index (χ1v) is 6.98. The zero-order valence-corrected chi connectivity index (χ0v) is 12.3. The van der Waals surface area contributed by atoms with Crippen molar-refractivity contribution in [1.29, 1.82) is 0 Å². The fourth-order valence-electron chi connectivity index (χ4n) is 2.47. The molecule has 1 aliphatic rings. The summed E-state index contributed by atoms with van der Waals surface area (Å²) in [6.45, 7) is 1.03. The molecule has 6 nitrogen and oxygen atoms in total. The van der Waals surface area contributed by atoms with Crippen LogP contribution in [0.3, 0.4) is 0 Å². The maximum Gasteiger partial charge on any atom is 0.259 e. The van der Waals surface area contributed by atoms with Crippen molar-refractivity contribution in [3.63, 3.8) is 0 Å². The molecule has 0 unspecified atom stereocenters. The smallest absolute Gasteiger partial charge is 0.259 e. The molecule has 23 heavy (non-hydrogen) atoms. The van der Waals surface area contributed by atoms with Gasteiger partial charge in [-0.05, 0) is 24.6 Å². The van der Waals surface area contributed by atoms with E-state index in [9.17, 15) is 18.4 Å². The molecule has 120 valence electrons. The normalized spacial score (nSPS) is 13.1. The summed E-state index contributed by atoms with van der Waals surface area (Å²) in [7, 11) is 0. The first kappa shape index (κ1) is 15.1. The van der Waals surface area contributed by atoms with E-state index in [0.717, 1.165) is 10.2 Å². The molecule has 1 aromatic heterocycles. The van der Waals surface area contributed by atoms with E-state index >= 15 is 0 Å². The Labute approximate surface area is 130 Å². The maximum atomic E-state index is 12.4. The molecule has 0 bridgehead atoms. The van der Waals surface area contributed by atoms with Crippen LogP contribution >= 0.6 is 0 Å². The zero-order valence-electron chi connectivity index (χ0n) is 12.3. The minimum atomic E-state index is -2.54. The Balaban J connectivity index is 1.76. The van der Waals surface area contributed by atoms with Crippen LogP contribution in [-0.2, 0) is 17.8 Å². The lowest BCUT2D eigenvalue weighted by Gasteiger charge is -2.06. The van der Waals surface area contributed by atoms with Gasteiger partial charge in [0.15, 0.2) is 0 Å². The number of anilines is 2. The highest BCUT2D eigenvalue weighted by Crippen LogP contribution is 2.26. The van der Waals surface area contributed by atoms with Gasteiger partial charge in [-0.25, -0.2) is 8.78 Å². The van der Waals surface area contributed by atoms with Crippen LogP contribution in [0.1, 0.15) is 21.6 Å². The van der Waals surface area contributed by atoms with Crippen LogP contribution in [0.25, 0.3) is 0 Å². The number of aromatic nitrogens is 2. The molecule has 2 aromatic rings. The number of amides is 2. The summed E-state index contributed by atoms with van der Waals surface area (Å²) >= 11 is 0. The molecule has 0 spiro atoms. The summed E-state index contributed by atoms with van der Waals surface area (Å²) in [6, 6.07) is 5.11. The number of alkyl halides is 2. The molecule has 0 saturated carbocycles. The van der Waals surface area contributed by atoms with Crippen LogP contribution in [-0.4, -0.2) is 28.0 Å². The number of halogens is 2. The average Bonchev–Trinajstić information content (AvgIpc) is 2.99. The third kappa shape index (κ3) is 3.20. The van der Waals surface area contributed by atoms with Gasteiger partial charge in [-0.2, -0.15) is 5.10 Å². The van der Waals surface area contributed by atoms with Gasteiger partial charge < -0.3 is 10.6 Å². The van der Waals surface area contributed by atoms with Crippen molar-refractivity contribution in [3.05, 3.63) is 41.2 Å². The molecule has 2 N–H and O–H groups in total. The van der Waals surface area contributed by atoms with E-state index in [4.69, 9.17) is 0 Å². The second-order valence-electron chi connectivity index (χ2n) is 5.29. The highest BCUT2D eigenvalue weighted by atomic mass is 19.3. The zero-order chi connectivity index (χ0) is 16.6. The minimum absolute atomic E-state index is 0.0902. The van der Waals surface area contributed by atoms with Crippen molar-refractivity contribution in [2.45, 2.75) is 26.3 Å². The second kappa shape index (κ2) is 5.79. The topological polar surface area (TPSA) is 76.0 Å². The Morgan fingerprint density at radius 3 is 3.00 bits per heavy atom. The van der Waals surface area contributed by atoms with Gasteiger partial charge in [-0.15, -0.1) is 0 Å². The van der Waals surface area contributed by atoms with E-state index in [2.05, 4.69) is 15.7 Å². The van der Waals surface area contributed by atoms with Crippen LogP contribution < -0.4 is 10.6 Å². The summed E-state index contributed by atoms with van der Waals surface area (Å²) in [4.78, 5) is 23.6. The number of nitrogens with one attached hydrogen (secondary N) is 2. The van der Waals surface area contributed by atoms with Gasteiger partial charge in [0.25, 0.3) is 12.3 Å². The molecule has 1 aliphatic heterocycles. The Morgan fingerprint density at radius 1 is 1.48 bits per heavy atom. The van der Waals surface area contributed by atoms with Crippen LogP contribution in [0.2, 0.25) is 0 Å². The number of carbonyl (C=O) groups excluding carboxylic acids is 2. The van der Waals surface area contributed by atoms with E-state index < -0.39 is 18.9 Å². The molecule has 2 amide bonds. The van der Waals surface area contributed by atoms with Crippen molar-refractivity contribution in [3.8, 4) is 0 Å². The number of aryl methyl sites for hydroxylation is 1. The van der Waals surface area contributed by atoms with Crippen LogP contribution in [0, 0.1) is 6.92 Å². The molecule has 2 heterocycles. The van der Waals surface area contributed by atoms with E-state index in [0.29, 0.717) is 23.5 Å². The molecule has 0 atom stereocenters. The average molecular weight is 320 g/mol. The first-order valence-electron chi connectivity index (χ1n) is 6.98. The standard InChI is InChI=1S/C15H14F2N4O2/c1-8-11(6-21(20-8)7-13(16)17)15(23)18-10-3-2-9-4-14(22)19-12(9)5-10/h2-3,5-6,13H,4,7H2,1H3,(H,18,23)(H,19,22). The molecule has 0 aliphatic carbocycles. The first-order chi connectivity index (χ1) is 10.9. The van der Waals surface area contributed by atoms with Crippen molar-refractivity contribution < 1.29 is 18.4 Å². The van der Waals surface area contributed by atoms with Crippen molar-refractivity contribution in [2.75, 3.05) is 10.6 Å². The fraction of sp³-hybridized carbons (Fsp3) is 0.267. The van der Waals surface area contributed by atoms with Gasteiger partial charge in [0.05, 0.1) is 17.7 Å². The largest absolute Gasteiger partial charge is 0.325 e. The Morgan fingerprint density at radius 2 is 2.26 bits per heavy atom. The number of carbonyl (C=O) groups is 2. The maximum absolute atomic E-state index is 12.4. The summed E-state index contributed by atoms with van der Waals surface area (Å²) in [5.41, 5.74) is 2.65. The van der Waals surface area contributed by atoms with Crippen molar-refractivity contribution >= 4 is 23.2 Å². The quantitative estimate of drug-likeness (QED) is 0.907. The van der Waals surface area contributed by atoms with E-state index in [1.807, 2.05) is 0 Å². The van der Waals surface area contributed by atoms with E-state index in [-0.39, 0.29) is 11.5 Å². The third-order valence-electron chi connectivity index (χ3n) is 3.51. The Bertz CT molecular complexity index is 786. The summed E-state index contributed by atoms with van der Waals surface area (Å²) in [5, 5.41) is 9.28. The number of nitrogens with zero attached hydrogens (tertiary/aromatic N) is 2. The minimum Gasteiger partial charge on any atom is -0.325 e. The van der Waals surface area contributed by atoms with Gasteiger partial charge in [-0.1, -0.05) is 6.07 Å².